The van der Waals surface area contributed by atoms with Crippen LogP contribution in [0.1, 0.15) is 35.3 Å². The lowest BCUT2D eigenvalue weighted by Crippen LogP contribution is -2.44. The van der Waals surface area contributed by atoms with Crippen molar-refractivity contribution >= 4 is 11.8 Å². The van der Waals surface area contributed by atoms with E-state index in [-0.39, 0.29) is 5.91 Å². The second-order valence-electron chi connectivity index (χ2n) is 6.71. The predicted molar refractivity (Wildman–Crippen MR) is 93.9 cm³/mol. The Morgan fingerprint density at radius 2 is 2.12 bits per heavy atom. The molecule has 1 aliphatic rings. The van der Waals surface area contributed by atoms with Gasteiger partial charge in [-0.1, -0.05) is 12.1 Å². The van der Waals surface area contributed by atoms with Crippen LogP contribution in [0.25, 0.3) is 0 Å². The Kier molecular flexibility index (Phi) is 4.90. The lowest BCUT2D eigenvalue weighted by Gasteiger charge is -2.31. The zero-order chi connectivity index (χ0) is 18.7. The molecule has 1 aromatic carbocycles. The van der Waals surface area contributed by atoms with Crippen LogP contribution in [0, 0.1) is 0 Å². The number of fused-ring (bicyclic) bond motifs is 1. The van der Waals surface area contributed by atoms with Gasteiger partial charge in [-0.25, -0.2) is 5.48 Å². The van der Waals surface area contributed by atoms with Crippen LogP contribution in [0.3, 0.4) is 0 Å². The molecule has 2 aromatic rings. The van der Waals surface area contributed by atoms with Crippen LogP contribution >= 0.6 is 0 Å². The molecule has 0 bridgehead atoms. The Labute approximate surface area is 151 Å². The van der Waals surface area contributed by atoms with E-state index in [0.29, 0.717) is 31.0 Å². The maximum absolute atomic E-state index is 13.1. The van der Waals surface area contributed by atoms with Crippen LogP contribution in [-0.2, 0) is 16.8 Å². The second kappa shape index (κ2) is 7.13. The number of benzene rings is 1. The number of ether oxygens (including phenoxy) is 1. The largest absolute Gasteiger partial charge is 0.491 e. The average molecular weight is 355 g/mol. The molecule has 2 N–H and O–H groups in total. The van der Waals surface area contributed by atoms with E-state index in [0.717, 1.165) is 11.1 Å². The van der Waals surface area contributed by atoms with Crippen LogP contribution < -0.4 is 10.2 Å². The van der Waals surface area contributed by atoms with Gasteiger partial charge in [0.2, 0.25) is 5.91 Å². The van der Waals surface area contributed by atoms with Gasteiger partial charge in [0.05, 0.1) is 12.0 Å². The molecule has 7 nitrogen and oxygen atoms in total. The van der Waals surface area contributed by atoms with E-state index < -0.39 is 11.3 Å². The maximum atomic E-state index is 13.1. The fraction of sp³-hybridized carbons (Fsp3) is 0.316. The van der Waals surface area contributed by atoms with Crippen LogP contribution in [0.2, 0.25) is 0 Å². The molecule has 7 heteroatoms. The molecular weight excluding hydrogens is 334 g/mol. The minimum atomic E-state index is -0.713. The predicted octanol–water partition coefficient (Wildman–Crippen LogP) is 1.90. The van der Waals surface area contributed by atoms with E-state index in [1.165, 1.54) is 0 Å². The Morgan fingerprint density at radius 1 is 1.31 bits per heavy atom. The van der Waals surface area contributed by atoms with Crippen molar-refractivity contribution in [3.05, 3.63) is 59.4 Å². The quantitative estimate of drug-likeness (QED) is 0.648. The standard InChI is InChI=1S/C19H21N3O4/c1-19(2,15-4-3-7-20-11-15)18(24)22-8-9-26-16-10-13(17(23)21-25)5-6-14(16)12-22/h3-7,10-11,25H,8-9,12H2,1-2H3,(H,21,23). The average Bonchev–Trinajstić information content (AvgIpc) is 2.89. The van der Waals surface area contributed by atoms with E-state index in [1.807, 2.05) is 26.0 Å². The summed E-state index contributed by atoms with van der Waals surface area (Å²) < 4.78 is 5.71. The van der Waals surface area contributed by atoms with E-state index in [2.05, 4.69) is 4.98 Å². The number of rotatable bonds is 3. The van der Waals surface area contributed by atoms with E-state index in [9.17, 15) is 9.59 Å². The number of hydrogen-bond acceptors (Lipinski definition) is 5. The van der Waals surface area contributed by atoms with E-state index in [4.69, 9.17) is 9.94 Å². The molecular formula is C19H21N3O4. The number of nitrogens with zero attached hydrogens (tertiary/aromatic N) is 2. The maximum Gasteiger partial charge on any atom is 0.274 e. The molecule has 26 heavy (non-hydrogen) atoms. The van der Waals surface area contributed by atoms with Crippen LogP contribution in [0.15, 0.2) is 42.7 Å². The van der Waals surface area contributed by atoms with Crippen molar-refractivity contribution in [2.75, 3.05) is 13.2 Å². The van der Waals surface area contributed by atoms with Gasteiger partial charge < -0.3 is 9.64 Å². The first-order valence-corrected chi connectivity index (χ1v) is 8.33. The third kappa shape index (κ3) is 3.39. The van der Waals surface area contributed by atoms with Crippen LogP contribution in [0.5, 0.6) is 5.75 Å². The van der Waals surface area contributed by atoms with E-state index in [1.54, 1.807) is 41.0 Å². The molecule has 0 aliphatic carbocycles. The summed E-state index contributed by atoms with van der Waals surface area (Å²) in [5, 5.41) is 8.76. The molecule has 0 radical (unpaired) electrons. The smallest absolute Gasteiger partial charge is 0.274 e. The summed E-state index contributed by atoms with van der Waals surface area (Å²) >= 11 is 0. The lowest BCUT2D eigenvalue weighted by atomic mass is 9.84. The Hall–Kier alpha value is -2.93. The Morgan fingerprint density at radius 3 is 2.81 bits per heavy atom. The number of amides is 2. The van der Waals surface area contributed by atoms with Gasteiger partial charge in [-0.05, 0) is 37.6 Å². The summed E-state index contributed by atoms with van der Waals surface area (Å²) in [5.41, 5.74) is 2.85. The minimum absolute atomic E-state index is 0.0147. The number of hydrogen-bond donors (Lipinski definition) is 2. The van der Waals surface area contributed by atoms with Gasteiger partial charge in [-0.15, -0.1) is 0 Å². The van der Waals surface area contributed by atoms with Crippen molar-refractivity contribution in [3.8, 4) is 5.75 Å². The van der Waals surface area contributed by atoms with Crippen LogP contribution in [0.4, 0.5) is 0 Å². The monoisotopic (exact) mass is 355 g/mol. The SMILES string of the molecule is CC(C)(C(=O)N1CCOc2cc(C(=O)NO)ccc2C1)c1cccnc1. The number of carbonyl (C=O) groups is 2. The highest BCUT2D eigenvalue weighted by molar-refractivity contribution is 5.94. The van der Waals surface area contributed by atoms with Crippen molar-refractivity contribution in [1.82, 2.24) is 15.4 Å². The third-order valence-corrected chi connectivity index (χ3v) is 4.62. The fourth-order valence-corrected chi connectivity index (χ4v) is 3.00. The molecule has 136 valence electrons. The number of aromatic nitrogens is 1. The van der Waals surface area contributed by atoms with Crippen molar-refractivity contribution in [2.24, 2.45) is 0 Å². The topological polar surface area (TPSA) is 91.8 Å². The van der Waals surface area contributed by atoms with Gasteiger partial charge >= 0.3 is 0 Å². The summed E-state index contributed by atoms with van der Waals surface area (Å²) in [7, 11) is 0. The lowest BCUT2D eigenvalue weighted by molar-refractivity contribution is -0.137. The molecule has 0 saturated heterocycles. The number of hydroxylamine groups is 1. The summed E-state index contributed by atoms with van der Waals surface area (Å²) in [4.78, 5) is 30.6. The molecule has 0 fully saturated rings. The number of nitrogens with one attached hydrogen (secondary N) is 1. The highest BCUT2D eigenvalue weighted by atomic mass is 16.5. The highest BCUT2D eigenvalue weighted by Crippen LogP contribution is 2.29. The van der Waals surface area contributed by atoms with Gasteiger partial charge in [0, 0.05) is 30.1 Å². The van der Waals surface area contributed by atoms with Crippen molar-refractivity contribution in [3.63, 3.8) is 0 Å². The molecule has 0 unspecified atom stereocenters. The number of carbonyl (C=O) groups excluding carboxylic acids is 2. The Bertz CT molecular complexity index is 821. The summed E-state index contributed by atoms with van der Waals surface area (Å²) in [6.07, 6.45) is 3.39. The summed E-state index contributed by atoms with van der Waals surface area (Å²) in [5.74, 6) is -0.0778. The molecule has 0 saturated carbocycles. The highest BCUT2D eigenvalue weighted by Gasteiger charge is 2.35. The first-order chi connectivity index (χ1) is 12.4. The van der Waals surface area contributed by atoms with Gasteiger partial charge in [0.1, 0.15) is 12.4 Å². The fourth-order valence-electron chi connectivity index (χ4n) is 3.00. The molecule has 1 aliphatic heterocycles. The Balaban J connectivity index is 1.85. The molecule has 3 rings (SSSR count). The van der Waals surface area contributed by atoms with Crippen molar-refractivity contribution in [1.29, 1.82) is 0 Å². The van der Waals surface area contributed by atoms with Gasteiger partial charge in [-0.3, -0.25) is 19.8 Å². The molecule has 2 amide bonds. The molecule has 2 heterocycles. The van der Waals surface area contributed by atoms with Gasteiger partial charge in [0.25, 0.3) is 5.91 Å². The third-order valence-electron chi connectivity index (χ3n) is 4.62. The summed E-state index contributed by atoms with van der Waals surface area (Å²) in [6, 6.07) is 8.61. The molecule has 0 spiro atoms. The first kappa shape index (κ1) is 17.9. The van der Waals surface area contributed by atoms with Crippen LogP contribution in [-0.4, -0.2) is 40.1 Å². The second-order valence-corrected chi connectivity index (χ2v) is 6.71. The number of pyridine rings is 1. The van der Waals surface area contributed by atoms with Crippen molar-refractivity contribution < 1.29 is 19.5 Å². The molecule has 1 aromatic heterocycles. The zero-order valence-corrected chi connectivity index (χ0v) is 14.7. The van der Waals surface area contributed by atoms with E-state index >= 15 is 0 Å². The minimum Gasteiger partial charge on any atom is -0.491 e. The zero-order valence-electron chi connectivity index (χ0n) is 14.7. The van der Waals surface area contributed by atoms with Gasteiger partial charge in [-0.2, -0.15) is 0 Å². The normalized spacial score (nSPS) is 14.0. The molecule has 0 atom stereocenters. The van der Waals surface area contributed by atoms with Crippen molar-refractivity contribution in [2.45, 2.75) is 25.8 Å². The first-order valence-electron chi connectivity index (χ1n) is 8.33. The summed E-state index contributed by atoms with van der Waals surface area (Å²) in [6.45, 7) is 4.92. The van der Waals surface area contributed by atoms with Gasteiger partial charge in [0.15, 0.2) is 0 Å².